The van der Waals surface area contributed by atoms with E-state index in [0.717, 1.165) is 6.92 Å². The maximum atomic E-state index is 12.2. The zero-order valence-electron chi connectivity index (χ0n) is 27.1. The van der Waals surface area contributed by atoms with E-state index >= 15 is 0 Å². The summed E-state index contributed by atoms with van der Waals surface area (Å²) >= 11 is 0. The van der Waals surface area contributed by atoms with Crippen molar-refractivity contribution in [2.45, 2.75) is 130 Å². The molecule has 1 unspecified atom stereocenters. The van der Waals surface area contributed by atoms with Crippen LogP contribution in [0.1, 0.15) is 6.92 Å². The summed E-state index contributed by atoms with van der Waals surface area (Å²) in [6, 6.07) is -1.73. The second-order valence-corrected chi connectivity index (χ2v) is 13.4. The van der Waals surface area contributed by atoms with Crippen molar-refractivity contribution in [2.24, 2.45) is 0 Å². The zero-order chi connectivity index (χ0) is 38.8. The van der Waals surface area contributed by atoms with Crippen LogP contribution < -0.4 is 5.32 Å². The lowest BCUT2D eigenvalue weighted by atomic mass is 9.94. The molecule has 0 aromatic rings. The molecule has 52 heavy (non-hydrogen) atoms. The zero-order valence-corrected chi connectivity index (χ0v) is 27.9. The second kappa shape index (κ2) is 18.0. The van der Waals surface area contributed by atoms with Crippen LogP contribution in [0.2, 0.25) is 0 Å². The van der Waals surface area contributed by atoms with E-state index in [2.05, 4.69) is 9.50 Å². The summed E-state index contributed by atoms with van der Waals surface area (Å²) in [6.07, 6.45) is -36.0. The number of aliphatic hydroxyl groups excluding tert-OH is 12. The van der Waals surface area contributed by atoms with E-state index in [1.165, 1.54) is 0 Å². The van der Waals surface area contributed by atoms with E-state index < -0.39 is 165 Å². The Labute approximate surface area is 294 Å². The van der Waals surface area contributed by atoms with Crippen molar-refractivity contribution in [3.63, 3.8) is 0 Å². The summed E-state index contributed by atoms with van der Waals surface area (Å²) in [6.45, 7) is -2.82. The van der Waals surface area contributed by atoms with Gasteiger partial charge in [-0.05, 0) is 0 Å². The maximum absolute atomic E-state index is 12.2. The molecule has 14 N–H and O–H groups in total. The molecule has 26 heteroatoms. The first kappa shape index (κ1) is 43.3. The highest BCUT2D eigenvalue weighted by molar-refractivity contribution is 7.80. The molecule has 0 spiro atoms. The predicted octanol–water partition coefficient (Wildman–Crippen LogP) is -9.78. The number of carbonyl (C=O) groups is 1. The fraction of sp³-hybridized carbons (Fsp3) is 0.962. The van der Waals surface area contributed by atoms with E-state index in [4.69, 9.17) is 37.7 Å². The van der Waals surface area contributed by atoms with Crippen LogP contribution in [0.5, 0.6) is 0 Å². The minimum Gasteiger partial charge on any atom is -0.394 e. The quantitative estimate of drug-likeness (QED) is 0.0770. The molecule has 20 atom stereocenters. The van der Waals surface area contributed by atoms with Gasteiger partial charge in [-0.1, -0.05) is 0 Å². The summed E-state index contributed by atoms with van der Waals surface area (Å²) in [5.41, 5.74) is 0. The number of carbonyl (C=O) groups excluding carboxylic acids is 1. The third-order valence-corrected chi connectivity index (χ3v) is 9.28. The lowest BCUT2D eigenvalue weighted by Gasteiger charge is -2.50. The Hall–Kier alpha value is -1.42. The first-order valence-corrected chi connectivity index (χ1v) is 17.1. The molecule has 0 aromatic carbocycles. The molecular weight excluding hydrogens is 742 g/mol. The second-order valence-electron chi connectivity index (χ2n) is 12.4. The Morgan fingerprint density at radius 2 is 0.981 bits per heavy atom. The molecule has 0 aromatic heterocycles. The van der Waals surface area contributed by atoms with Crippen molar-refractivity contribution in [3.05, 3.63) is 0 Å². The highest BCUT2D eigenvalue weighted by atomic mass is 32.3. The van der Waals surface area contributed by atoms with Crippen molar-refractivity contribution < 1.29 is 116 Å². The Kier molecular flexibility index (Phi) is 15.0. The molecule has 4 saturated heterocycles. The van der Waals surface area contributed by atoms with Crippen LogP contribution in [0.3, 0.4) is 0 Å². The molecule has 0 bridgehead atoms. The van der Waals surface area contributed by atoms with Crippen molar-refractivity contribution in [1.82, 2.24) is 5.32 Å². The molecule has 0 saturated carbocycles. The SMILES string of the molecule is CC(=O)N[C@H]1[C@H](O[C@H]2[C@@H](O)[C@@H](CO)O[C@@H](O[C@H]3[C@H](O)[C@@H](O)C(O)O[C@@H]3CO)[C@@H]2O)O[C@H](CO)[C@@H](O[C@@H]2O[C@H](CO)[C@H](O)[C@H](OS(=O)(=O)O)[C@H]2O)[C@@H]1O. The minimum absolute atomic E-state index is 0.828. The molecule has 4 aliphatic rings. The standard InChI is InChI=1S/C26H45NO24S/c1-6(32)27-11-14(35)19(48-26-18(39)22(51-52(41,42)43)13(34)8(3-29)46-26)10(5-31)47-24(11)50-21-12(33)7(2-28)45-25(17(21)38)49-20-9(4-30)44-23(40)16(37)15(20)36/h7-26,28-31,33-40H,2-5H2,1H3,(H,27,32)(H,41,42,43)/t7-,8-,9-,10-,11-,12+,13+,14-,15-,16-,17-,18-,19-,20-,21+,22+,23?,24+,25+,26+/m1/s1. The topological polar surface area (TPSA) is 400 Å². The van der Waals surface area contributed by atoms with E-state index in [1.807, 2.05) is 0 Å². The Morgan fingerprint density at radius 1 is 0.558 bits per heavy atom. The van der Waals surface area contributed by atoms with Gasteiger partial charge in [0.25, 0.3) is 0 Å². The first-order valence-electron chi connectivity index (χ1n) is 15.8. The van der Waals surface area contributed by atoms with Crippen LogP contribution in [0.15, 0.2) is 0 Å². The van der Waals surface area contributed by atoms with Crippen molar-refractivity contribution >= 4 is 16.3 Å². The summed E-state index contributed by atoms with van der Waals surface area (Å²) in [7, 11) is -5.30. The van der Waals surface area contributed by atoms with Gasteiger partial charge in [0.1, 0.15) is 97.6 Å². The van der Waals surface area contributed by atoms with E-state index in [0.29, 0.717) is 0 Å². The smallest absolute Gasteiger partial charge is 0.394 e. The van der Waals surface area contributed by atoms with E-state index in [1.54, 1.807) is 0 Å². The number of hydrogen-bond acceptors (Lipinski definition) is 23. The van der Waals surface area contributed by atoms with Gasteiger partial charge >= 0.3 is 10.4 Å². The van der Waals surface area contributed by atoms with Gasteiger partial charge in [0.15, 0.2) is 25.2 Å². The largest absolute Gasteiger partial charge is 0.397 e. The number of aliphatic hydroxyl groups is 12. The van der Waals surface area contributed by atoms with Gasteiger partial charge in [0.05, 0.1) is 26.4 Å². The van der Waals surface area contributed by atoms with Crippen molar-refractivity contribution in [3.8, 4) is 0 Å². The van der Waals surface area contributed by atoms with Gasteiger partial charge in [-0.15, -0.1) is 0 Å². The maximum Gasteiger partial charge on any atom is 0.397 e. The average molecular weight is 788 g/mol. The Bertz CT molecular complexity index is 1260. The number of rotatable bonds is 13. The molecule has 304 valence electrons. The van der Waals surface area contributed by atoms with Gasteiger partial charge in [0, 0.05) is 6.92 Å². The Morgan fingerprint density at radius 3 is 1.46 bits per heavy atom. The average Bonchev–Trinajstić information content (AvgIpc) is 3.08. The molecule has 4 heterocycles. The summed E-state index contributed by atoms with van der Waals surface area (Å²) < 4.78 is 74.6. The van der Waals surface area contributed by atoms with Gasteiger partial charge in [-0.2, -0.15) is 8.42 Å². The molecular formula is C26H45NO24S. The summed E-state index contributed by atoms with van der Waals surface area (Å²) in [5, 5.41) is 127. The van der Waals surface area contributed by atoms with Crippen LogP contribution in [-0.2, 0) is 52.5 Å². The molecule has 25 nitrogen and oxygen atoms in total. The van der Waals surface area contributed by atoms with Crippen molar-refractivity contribution in [1.29, 1.82) is 0 Å². The fourth-order valence-electron chi connectivity index (χ4n) is 6.19. The van der Waals surface area contributed by atoms with Gasteiger partial charge in [-0.25, -0.2) is 4.18 Å². The van der Waals surface area contributed by atoms with Crippen molar-refractivity contribution in [2.75, 3.05) is 26.4 Å². The highest BCUT2D eigenvalue weighted by Crippen LogP contribution is 2.34. The molecule has 4 aliphatic heterocycles. The van der Waals surface area contributed by atoms with Crippen LogP contribution in [0, 0.1) is 0 Å². The third kappa shape index (κ3) is 9.50. The van der Waals surface area contributed by atoms with Gasteiger partial charge < -0.3 is 99.8 Å². The number of amides is 1. The van der Waals surface area contributed by atoms with Crippen LogP contribution in [-0.4, -0.2) is 229 Å². The summed E-state index contributed by atoms with van der Waals surface area (Å²) in [4.78, 5) is 12.2. The first-order chi connectivity index (χ1) is 24.4. The lowest BCUT2D eigenvalue weighted by molar-refractivity contribution is -0.379. The third-order valence-electron chi connectivity index (χ3n) is 8.81. The fourth-order valence-corrected chi connectivity index (χ4v) is 6.69. The van der Waals surface area contributed by atoms with Crippen LogP contribution in [0.4, 0.5) is 0 Å². The molecule has 4 fully saturated rings. The molecule has 1 amide bonds. The lowest BCUT2D eigenvalue weighted by Crippen LogP contribution is -2.70. The number of hydrogen-bond donors (Lipinski definition) is 14. The normalized spacial score (nSPS) is 47.6. The van der Waals surface area contributed by atoms with Gasteiger partial charge in [0.2, 0.25) is 5.91 Å². The highest BCUT2D eigenvalue weighted by Gasteiger charge is 2.56. The van der Waals surface area contributed by atoms with Gasteiger partial charge in [-0.3, -0.25) is 9.35 Å². The monoisotopic (exact) mass is 787 g/mol. The van der Waals surface area contributed by atoms with E-state index in [-0.39, 0.29) is 0 Å². The summed E-state index contributed by atoms with van der Waals surface area (Å²) in [5.74, 6) is -0.828. The number of ether oxygens (including phenoxy) is 7. The Balaban J connectivity index is 1.58. The minimum atomic E-state index is -5.30. The molecule has 0 aliphatic carbocycles. The predicted molar refractivity (Wildman–Crippen MR) is 156 cm³/mol. The van der Waals surface area contributed by atoms with Crippen LogP contribution >= 0.6 is 0 Å². The number of nitrogens with one attached hydrogen (secondary N) is 1. The van der Waals surface area contributed by atoms with Crippen LogP contribution in [0.25, 0.3) is 0 Å². The van der Waals surface area contributed by atoms with E-state index in [9.17, 15) is 74.5 Å². The molecule has 0 radical (unpaired) electrons. The molecule has 4 rings (SSSR count).